The first-order chi connectivity index (χ1) is 8.09. The topological polar surface area (TPSA) is 49.0 Å². The Morgan fingerprint density at radius 2 is 2.29 bits per heavy atom. The number of hydrogen-bond donors (Lipinski definition) is 1. The van der Waals surface area contributed by atoms with Crippen molar-refractivity contribution in [2.24, 2.45) is 5.92 Å². The van der Waals surface area contributed by atoms with Crippen molar-refractivity contribution in [2.75, 3.05) is 11.9 Å². The second kappa shape index (κ2) is 5.08. The monoisotopic (exact) mass is 255 g/mol. The molecule has 4 nitrogen and oxygen atoms in total. The second-order valence-electron chi connectivity index (χ2n) is 4.91. The van der Waals surface area contributed by atoms with E-state index in [1.807, 2.05) is 11.9 Å². The second-order valence-corrected chi connectivity index (χ2v) is 5.28. The number of hydrogen-bond acceptors (Lipinski definition) is 3. The number of aromatic nitrogens is 2. The number of nitrogens with one attached hydrogen (secondary N) is 1. The van der Waals surface area contributed by atoms with Gasteiger partial charge in [-0.25, -0.2) is 4.98 Å². The third kappa shape index (κ3) is 2.63. The van der Waals surface area contributed by atoms with E-state index in [-0.39, 0.29) is 10.6 Å². The molecule has 2 unspecified atom stereocenters. The fraction of sp³-hybridized carbons (Fsp3) is 0.667. The summed E-state index contributed by atoms with van der Waals surface area (Å²) in [6.07, 6.45) is 6.22. The van der Waals surface area contributed by atoms with Crippen LogP contribution in [0.4, 0.5) is 5.82 Å². The minimum absolute atomic E-state index is 0.188. The van der Waals surface area contributed by atoms with Gasteiger partial charge in [0.15, 0.2) is 5.82 Å². The van der Waals surface area contributed by atoms with Gasteiger partial charge >= 0.3 is 0 Å². The molecule has 1 aromatic rings. The quantitative estimate of drug-likeness (QED) is 0.883. The van der Waals surface area contributed by atoms with Gasteiger partial charge in [0, 0.05) is 13.1 Å². The maximum absolute atomic E-state index is 11.4. The zero-order chi connectivity index (χ0) is 12.4. The predicted molar refractivity (Wildman–Crippen MR) is 69.7 cm³/mol. The average Bonchev–Trinajstić information content (AvgIpc) is 2.32. The van der Waals surface area contributed by atoms with Crippen LogP contribution in [0.15, 0.2) is 11.1 Å². The Kier molecular flexibility index (Phi) is 3.72. The lowest BCUT2D eigenvalue weighted by atomic mass is 9.86. The number of nitrogens with zero attached hydrogens (tertiary/aromatic N) is 2. The highest BCUT2D eigenvalue weighted by atomic mass is 35.5. The van der Waals surface area contributed by atoms with E-state index < -0.39 is 0 Å². The fourth-order valence-corrected chi connectivity index (χ4v) is 2.78. The first kappa shape index (κ1) is 12.4. The third-order valence-electron chi connectivity index (χ3n) is 3.57. The smallest absolute Gasteiger partial charge is 0.271 e. The van der Waals surface area contributed by atoms with E-state index in [2.05, 4.69) is 16.9 Å². The van der Waals surface area contributed by atoms with Crippen LogP contribution in [0.3, 0.4) is 0 Å². The van der Waals surface area contributed by atoms with Gasteiger partial charge in [-0.2, -0.15) is 0 Å². The lowest BCUT2D eigenvalue weighted by Gasteiger charge is -2.34. The Morgan fingerprint density at radius 3 is 3.00 bits per heavy atom. The molecular weight excluding hydrogens is 238 g/mol. The van der Waals surface area contributed by atoms with Gasteiger partial charge in [0.2, 0.25) is 0 Å². The van der Waals surface area contributed by atoms with Gasteiger partial charge < -0.3 is 9.88 Å². The van der Waals surface area contributed by atoms with Crippen LogP contribution in [0.1, 0.15) is 32.6 Å². The van der Waals surface area contributed by atoms with E-state index in [0.29, 0.717) is 11.9 Å². The van der Waals surface area contributed by atoms with Gasteiger partial charge in [-0.05, 0) is 18.8 Å². The van der Waals surface area contributed by atoms with Crippen LogP contribution in [0.25, 0.3) is 0 Å². The van der Waals surface area contributed by atoms with Crippen molar-refractivity contribution < 1.29 is 0 Å². The molecule has 0 spiro atoms. The normalized spacial score (nSPS) is 24.6. The Morgan fingerprint density at radius 1 is 1.53 bits per heavy atom. The van der Waals surface area contributed by atoms with Crippen LogP contribution in [0.2, 0.25) is 5.02 Å². The fourth-order valence-electron chi connectivity index (χ4n) is 2.55. The molecule has 0 aromatic carbocycles. The SMILES string of the molecule is CC1CCCC(N(C)c2nc[nH]c(=O)c2Cl)C1. The number of aromatic amines is 1. The molecule has 0 amide bonds. The number of H-pyrrole nitrogens is 1. The molecule has 1 heterocycles. The molecule has 5 heteroatoms. The van der Waals surface area contributed by atoms with E-state index in [1.165, 1.54) is 19.2 Å². The Labute approximate surface area is 106 Å². The first-order valence-electron chi connectivity index (χ1n) is 6.05. The summed E-state index contributed by atoms with van der Waals surface area (Å²) in [7, 11) is 1.97. The van der Waals surface area contributed by atoms with E-state index >= 15 is 0 Å². The molecule has 1 aliphatic carbocycles. The number of rotatable bonds is 2. The Balaban J connectivity index is 2.21. The van der Waals surface area contributed by atoms with Gasteiger partial charge in [0.05, 0.1) is 6.33 Å². The van der Waals surface area contributed by atoms with Crippen molar-refractivity contribution in [1.29, 1.82) is 0 Å². The zero-order valence-electron chi connectivity index (χ0n) is 10.2. The van der Waals surface area contributed by atoms with Gasteiger partial charge in [0.1, 0.15) is 5.02 Å². The van der Waals surface area contributed by atoms with Crippen LogP contribution in [-0.2, 0) is 0 Å². The molecule has 2 atom stereocenters. The van der Waals surface area contributed by atoms with Crippen LogP contribution < -0.4 is 10.5 Å². The van der Waals surface area contributed by atoms with E-state index in [9.17, 15) is 4.79 Å². The largest absolute Gasteiger partial charge is 0.355 e. The maximum Gasteiger partial charge on any atom is 0.271 e. The van der Waals surface area contributed by atoms with E-state index in [0.717, 1.165) is 18.8 Å². The van der Waals surface area contributed by atoms with Crippen molar-refractivity contribution in [3.63, 3.8) is 0 Å². The summed E-state index contributed by atoms with van der Waals surface area (Å²) in [4.78, 5) is 20.1. The molecule has 17 heavy (non-hydrogen) atoms. The van der Waals surface area contributed by atoms with Gasteiger partial charge in [-0.15, -0.1) is 0 Å². The molecule has 0 radical (unpaired) electrons. The first-order valence-corrected chi connectivity index (χ1v) is 6.43. The van der Waals surface area contributed by atoms with Gasteiger partial charge in [-0.3, -0.25) is 4.79 Å². The van der Waals surface area contributed by atoms with Crippen LogP contribution in [0, 0.1) is 5.92 Å². The molecule has 2 rings (SSSR count). The minimum atomic E-state index is -0.271. The highest BCUT2D eigenvalue weighted by molar-refractivity contribution is 6.32. The van der Waals surface area contributed by atoms with Crippen LogP contribution >= 0.6 is 11.6 Å². The maximum atomic E-state index is 11.4. The predicted octanol–water partition coefficient (Wildman–Crippen LogP) is 2.44. The van der Waals surface area contributed by atoms with Crippen molar-refractivity contribution in [1.82, 2.24) is 9.97 Å². The van der Waals surface area contributed by atoms with Crippen molar-refractivity contribution >= 4 is 17.4 Å². The number of anilines is 1. The molecule has 1 saturated carbocycles. The van der Waals surface area contributed by atoms with E-state index in [1.54, 1.807) is 0 Å². The van der Waals surface area contributed by atoms with E-state index in [4.69, 9.17) is 11.6 Å². The summed E-state index contributed by atoms with van der Waals surface area (Å²) in [6, 6.07) is 0.436. The Hall–Kier alpha value is -1.03. The van der Waals surface area contributed by atoms with Gasteiger partial charge in [0.25, 0.3) is 5.56 Å². The molecule has 0 saturated heterocycles. The summed E-state index contributed by atoms with van der Waals surface area (Å²) in [5, 5.41) is 0.188. The van der Waals surface area contributed by atoms with Crippen LogP contribution in [-0.4, -0.2) is 23.1 Å². The summed E-state index contributed by atoms with van der Waals surface area (Å²) < 4.78 is 0. The van der Waals surface area contributed by atoms with Crippen molar-refractivity contribution in [3.8, 4) is 0 Å². The summed E-state index contributed by atoms with van der Waals surface area (Å²) in [5.41, 5.74) is -0.271. The lowest BCUT2D eigenvalue weighted by Crippen LogP contribution is -2.37. The molecule has 0 aliphatic heterocycles. The minimum Gasteiger partial charge on any atom is -0.355 e. The lowest BCUT2D eigenvalue weighted by molar-refractivity contribution is 0.335. The number of halogens is 1. The summed E-state index contributed by atoms with van der Waals surface area (Å²) in [5.74, 6) is 1.33. The molecular formula is C12H18ClN3O. The molecule has 1 fully saturated rings. The van der Waals surface area contributed by atoms with Crippen LogP contribution in [0.5, 0.6) is 0 Å². The molecule has 1 aliphatic rings. The Bertz CT molecular complexity index is 446. The molecule has 94 valence electrons. The average molecular weight is 256 g/mol. The molecule has 1 N–H and O–H groups in total. The summed E-state index contributed by atoms with van der Waals surface area (Å²) >= 11 is 6.00. The molecule has 1 aromatic heterocycles. The summed E-state index contributed by atoms with van der Waals surface area (Å²) in [6.45, 7) is 2.27. The molecule has 0 bridgehead atoms. The third-order valence-corrected chi connectivity index (χ3v) is 3.91. The van der Waals surface area contributed by atoms with Crippen molar-refractivity contribution in [3.05, 3.63) is 21.7 Å². The highest BCUT2D eigenvalue weighted by Crippen LogP contribution is 2.30. The zero-order valence-corrected chi connectivity index (χ0v) is 11.0. The standard InChI is InChI=1S/C12H18ClN3O/c1-8-4-3-5-9(6-8)16(2)11-10(13)12(17)15-7-14-11/h7-9H,3-6H2,1-2H3,(H,14,15,17). The van der Waals surface area contributed by atoms with Gasteiger partial charge in [-0.1, -0.05) is 31.4 Å². The highest BCUT2D eigenvalue weighted by Gasteiger charge is 2.24. The van der Waals surface area contributed by atoms with Crippen molar-refractivity contribution in [2.45, 2.75) is 38.6 Å².